The topological polar surface area (TPSA) is 73.9 Å². The molecule has 0 spiro atoms. The number of anilines is 1. The van der Waals surface area contributed by atoms with Gasteiger partial charge in [-0.25, -0.2) is 9.59 Å². The number of methoxy groups -OCH3 is 2. The van der Waals surface area contributed by atoms with Crippen molar-refractivity contribution in [2.75, 3.05) is 19.5 Å². The number of carbonyl (C=O) groups excluding carboxylic acids is 2. The van der Waals surface area contributed by atoms with Gasteiger partial charge >= 0.3 is 12.1 Å². The fraction of sp³-hybridized carbons (Fsp3) is 0.158. The molecule has 0 atom stereocenters. The van der Waals surface area contributed by atoms with Gasteiger partial charge in [-0.15, -0.1) is 0 Å². The maximum Gasteiger partial charge on any atom is 0.411 e. The van der Waals surface area contributed by atoms with Crippen molar-refractivity contribution < 1.29 is 23.8 Å². The highest BCUT2D eigenvalue weighted by molar-refractivity contribution is 6.16. The zero-order valence-corrected chi connectivity index (χ0v) is 14.0. The maximum absolute atomic E-state index is 11.9. The minimum Gasteiger partial charge on any atom is -0.503 e. The van der Waals surface area contributed by atoms with Crippen LogP contribution in [0.1, 0.15) is 11.1 Å². The number of esters is 1. The minimum absolute atomic E-state index is 0.00705. The number of para-hydroxylation sites is 1. The molecule has 0 saturated carbocycles. The van der Waals surface area contributed by atoms with Crippen molar-refractivity contribution in [1.29, 1.82) is 0 Å². The van der Waals surface area contributed by atoms with Crippen molar-refractivity contribution in [1.82, 2.24) is 0 Å². The standard InChI is InChI=1S/C19H19NO5/c1-23-13-17(18(21)24-2)16-11-7-6-8-14(16)12-25-19(22)20-15-9-4-3-5-10-15/h3-11,13H,12H2,1-2H3,(H,20,22). The Morgan fingerprint density at radius 1 is 1.00 bits per heavy atom. The van der Waals surface area contributed by atoms with Crippen molar-refractivity contribution in [3.8, 4) is 0 Å². The molecule has 6 heteroatoms. The first-order chi connectivity index (χ1) is 12.2. The molecule has 0 aromatic heterocycles. The quantitative estimate of drug-likeness (QED) is 0.494. The molecule has 0 aliphatic rings. The lowest BCUT2D eigenvalue weighted by Gasteiger charge is -2.12. The van der Waals surface area contributed by atoms with Crippen LogP contribution in [0.5, 0.6) is 0 Å². The van der Waals surface area contributed by atoms with Gasteiger partial charge in [0.1, 0.15) is 12.2 Å². The van der Waals surface area contributed by atoms with Crippen molar-refractivity contribution in [2.24, 2.45) is 0 Å². The Kier molecular flexibility index (Phi) is 6.59. The third-order valence-electron chi connectivity index (χ3n) is 3.33. The van der Waals surface area contributed by atoms with Gasteiger partial charge in [0.2, 0.25) is 0 Å². The summed E-state index contributed by atoms with van der Waals surface area (Å²) in [6.07, 6.45) is 0.714. The summed E-state index contributed by atoms with van der Waals surface area (Å²) in [4.78, 5) is 23.9. The van der Waals surface area contributed by atoms with E-state index in [1.54, 1.807) is 36.4 Å². The zero-order valence-electron chi connectivity index (χ0n) is 14.0. The average molecular weight is 341 g/mol. The number of amides is 1. The Bertz CT molecular complexity index is 755. The van der Waals surface area contributed by atoms with Gasteiger partial charge in [-0.3, -0.25) is 5.32 Å². The van der Waals surface area contributed by atoms with Gasteiger partial charge < -0.3 is 14.2 Å². The summed E-state index contributed by atoms with van der Waals surface area (Å²) in [5.74, 6) is -0.539. The summed E-state index contributed by atoms with van der Waals surface area (Å²) in [5, 5.41) is 2.63. The van der Waals surface area contributed by atoms with Crippen LogP contribution in [0.2, 0.25) is 0 Å². The Morgan fingerprint density at radius 3 is 2.36 bits per heavy atom. The molecule has 0 aliphatic heterocycles. The molecule has 1 amide bonds. The van der Waals surface area contributed by atoms with E-state index in [0.717, 1.165) is 0 Å². The van der Waals surface area contributed by atoms with Gasteiger partial charge in [-0.2, -0.15) is 0 Å². The summed E-state index contributed by atoms with van der Waals surface area (Å²) in [6, 6.07) is 16.0. The van der Waals surface area contributed by atoms with Crippen LogP contribution in [-0.4, -0.2) is 26.3 Å². The molecule has 0 unspecified atom stereocenters. The first-order valence-corrected chi connectivity index (χ1v) is 7.54. The fourth-order valence-electron chi connectivity index (χ4n) is 2.18. The molecule has 1 N–H and O–H groups in total. The van der Waals surface area contributed by atoms with Gasteiger partial charge in [-0.1, -0.05) is 42.5 Å². The molecule has 2 aromatic carbocycles. The lowest BCUT2D eigenvalue weighted by molar-refractivity contribution is -0.133. The van der Waals surface area contributed by atoms with Crippen LogP contribution >= 0.6 is 0 Å². The molecule has 6 nitrogen and oxygen atoms in total. The Morgan fingerprint density at radius 2 is 1.68 bits per heavy atom. The summed E-state index contributed by atoms with van der Waals surface area (Å²) in [6.45, 7) is -0.00705. The van der Waals surface area contributed by atoms with Crippen LogP contribution in [0.4, 0.5) is 10.5 Å². The van der Waals surface area contributed by atoms with Crippen molar-refractivity contribution in [2.45, 2.75) is 6.61 Å². The first-order valence-electron chi connectivity index (χ1n) is 7.54. The maximum atomic E-state index is 11.9. The Labute approximate surface area is 146 Å². The van der Waals surface area contributed by atoms with Crippen molar-refractivity contribution in [3.63, 3.8) is 0 Å². The van der Waals surface area contributed by atoms with Crippen molar-refractivity contribution in [3.05, 3.63) is 72.0 Å². The lowest BCUT2D eigenvalue weighted by Crippen LogP contribution is -2.14. The molecular formula is C19H19NO5. The second-order valence-electron chi connectivity index (χ2n) is 4.98. The van der Waals surface area contributed by atoms with Gasteiger partial charge in [0.25, 0.3) is 0 Å². The number of nitrogens with one attached hydrogen (secondary N) is 1. The van der Waals surface area contributed by atoms with Crippen LogP contribution in [0.3, 0.4) is 0 Å². The first kappa shape index (κ1) is 18.1. The lowest BCUT2D eigenvalue weighted by atomic mass is 10.0. The van der Waals surface area contributed by atoms with Crippen molar-refractivity contribution >= 4 is 23.3 Å². The molecule has 0 fully saturated rings. The predicted molar refractivity (Wildman–Crippen MR) is 93.7 cm³/mol. The molecule has 0 heterocycles. The number of hydrogen-bond donors (Lipinski definition) is 1. The highest BCUT2D eigenvalue weighted by Crippen LogP contribution is 2.22. The number of benzene rings is 2. The van der Waals surface area contributed by atoms with E-state index >= 15 is 0 Å². The minimum atomic E-state index is -0.587. The van der Waals surface area contributed by atoms with E-state index in [2.05, 4.69) is 5.32 Å². The third kappa shape index (κ3) is 5.10. The molecule has 130 valence electrons. The summed E-state index contributed by atoms with van der Waals surface area (Å²) < 4.78 is 15.0. The molecule has 0 aliphatic carbocycles. The van der Waals surface area contributed by atoms with E-state index in [0.29, 0.717) is 16.8 Å². The van der Waals surface area contributed by atoms with E-state index in [4.69, 9.17) is 14.2 Å². The highest BCUT2D eigenvalue weighted by Gasteiger charge is 2.17. The van der Waals surface area contributed by atoms with Crippen LogP contribution in [0.25, 0.3) is 5.57 Å². The van der Waals surface area contributed by atoms with E-state index < -0.39 is 12.1 Å². The van der Waals surface area contributed by atoms with E-state index in [1.165, 1.54) is 20.5 Å². The van der Waals surface area contributed by atoms with E-state index in [-0.39, 0.29) is 12.2 Å². The number of ether oxygens (including phenoxy) is 3. The average Bonchev–Trinajstić information content (AvgIpc) is 2.65. The fourth-order valence-corrected chi connectivity index (χ4v) is 2.18. The number of carbonyl (C=O) groups is 2. The summed E-state index contributed by atoms with van der Waals surface area (Å²) in [7, 11) is 2.73. The van der Waals surface area contributed by atoms with Gasteiger partial charge in [-0.05, 0) is 23.3 Å². The largest absolute Gasteiger partial charge is 0.503 e. The smallest absolute Gasteiger partial charge is 0.411 e. The van der Waals surface area contributed by atoms with E-state index in [9.17, 15) is 9.59 Å². The van der Waals surface area contributed by atoms with Gasteiger partial charge in [0, 0.05) is 5.69 Å². The SMILES string of the molecule is COC=C(C(=O)OC)c1ccccc1COC(=O)Nc1ccccc1. The second-order valence-corrected chi connectivity index (χ2v) is 4.98. The van der Waals surface area contributed by atoms with Crippen LogP contribution in [-0.2, 0) is 25.6 Å². The molecular weight excluding hydrogens is 322 g/mol. The zero-order chi connectivity index (χ0) is 18.1. The summed E-state index contributed by atoms with van der Waals surface area (Å²) >= 11 is 0. The number of rotatable bonds is 6. The van der Waals surface area contributed by atoms with Crippen LogP contribution in [0, 0.1) is 0 Å². The second kappa shape index (κ2) is 9.12. The molecule has 2 aromatic rings. The van der Waals surface area contributed by atoms with Gasteiger partial charge in [0.15, 0.2) is 0 Å². The molecule has 25 heavy (non-hydrogen) atoms. The Balaban J connectivity index is 2.11. The predicted octanol–water partition coefficient (Wildman–Crippen LogP) is 3.60. The molecule has 0 radical (unpaired) electrons. The normalized spacial score (nSPS) is 10.7. The Hall–Kier alpha value is -3.28. The molecule has 2 rings (SSSR count). The third-order valence-corrected chi connectivity index (χ3v) is 3.33. The van der Waals surface area contributed by atoms with Crippen LogP contribution < -0.4 is 5.32 Å². The monoisotopic (exact) mass is 341 g/mol. The molecule has 0 saturated heterocycles. The highest BCUT2D eigenvalue weighted by atomic mass is 16.5. The molecule has 0 bridgehead atoms. The number of hydrogen-bond acceptors (Lipinski definition) is 5. The van der Waals surface area contributed by atoms with Gasteiger partial charge in [0.05, 0.1) is 20.5 Å². The van der Waals surface area contributed by atoms with Crippen LogP contribution in [0.15, 0.2) is 60.9 Å². The van der Waals surface area contributed by atoms with E-state index in [1.807, 2.05) is 18.2 Å². The summed E-state index contributed by atoms with van der Waals surface area (Å²) in [5.41, 5.74) is 2.10.